The van der Waals surface area contributed by atoms with E-state index in [0.29, 0.717) is 31.7 Å². The Balaban J connectivity index is 0.000000669. The molecule has 0 N–H and O–H groups in total. The molecular formula is C36H51F2N5O2. The molecular weight excluding hydrogens is 572 g/mol. The maximum atomic E-state index is 12.5. The number of hydrogen-bond acceptors (Lipinski definition) is 6. The average molecular weight is 624 g/mol. The summed E-state index contributed by atoms with van der Waals surface area (Å²) < 4.78 is 29.9. The number of piperazine rings is 1. The fourth-order valence-corrected chi connectivity index (χ4v) is 4.64. The van der Waals surface area contributed by atoms with Gasteiger partial charge in [-0.1, -0.05) is 51.8 Å². The molecule has 0 spiro atoms. The third-order valence-corrected chi connectivity index (χ3v) is 7.02. The summed E-state index contributed by atoms with van der Waals surface area (Å²) in [6.45, 7) is 22.6. The van der Waals surface area contributed by atoms with Gasteiger partial charge in [0.05, 0.1) is 5.69 Å². The first-order valence-electron chi connectivity index (χ1n) is 15.8. The summed E-state index contributed by atoms with van der Waals surface area (Å²) in [7, 11) is 0. The SMILES string of the molecule is C=C(C(C)=N/C=C\CCC)/C(=C/CCCC)c1c(C)ncnc1N1CCN(C(=O)OC(C)(C)C)CC1.Cc1cc(F)cc(F)c1. The molecule has 1 aromatic carbocycles. The van der Waals surface area contributed by atoms with Crippen molar-refractivity contribution in [1.82, 2.24) is 14.9 Å². The van der Waals surface area contributed by atoms with Crippen molar-refractivity contribution in [1.29, 1.82) is 0 Å². The number of carbonyl (C=O) groups is 1. The molecule has 1 saturated heterocycles. The lowest BCUT2D eigenvalue weighted by molar-refractivity contribution is 0.0240. The topological polar surface area (TPSA) is 70.9 Å². The van der Waals surface area contributed by atoms with Crippen molar-refractivity contribution < 1.29 is 18.3 Å². The highest BCUT2D eigenvalue weighted by atomic mass is 19.1. The number of rotatable bonds is 10. The number of aliphatic imine (C=N–C) groups is 1. The number of anilines is 1. The van der Waals surface area contributed by atoms with Crippen molar-refractivity contribution in [3.63, 3.8) is 0 Å². The minimum Gasteiger partial charge on any atom is -0.444 e. The minimum atomic E-state index is -0.521. The molecule has 1 aliphatic rings. The van der Waals surface area contributed by atoms with E-state index in [1.165, 1.54) is 12.1 Å². The smallest absolute Gasteiger partial charge is 0.410 e. The van der Waals surface area contributed by atoms with Gasteiger partial charge in [-0.25, -0.2) is 23.5 Å². The van der Waals surface area contributed by atoms with Gasteiger partial charge in [0.25, 0.3) is 0 Å². The molecule has 2 aromatic rings. The van der Waals surface area contributed by atoms with Crippen LogP contribution in [0, 0.1) is 25.5 Å². The van der Waals surface area contributed by atoms with Crippen molar-refractivity contribution in [3.05, 3.63) is 83.5 Å². The number of allylic oxidation sites excluding steroid dienone is 4. The lowest BCUT2D eigenvalue weighted by Gasteiger charge is -2.37. The van der Waals surface area contributed by atoms with Gasteiger partial charge in [-0.15, -0.1) is 0 Å². The third-order valence-electron chi connectivity index (χ3n) is 7.02. The van der Waals surface area contributed by atoms with E-state index >= 15 is 0 Å². The van der Waals surface area contributed by atoms with Crippen LogP contribution in [0.15, 0.2) is 60.0 Å². The van der Waals surface area contributed by atoms with Gasteiger partial charge in [-0.2, -0.15) is 0 Å². The minimum absolute atomic E-state index is 0.266. The Morgan fingerprint density at radius 2 is 1.67 bits per heavy atom. The van der Waals surface area contributed by atoms with Gasteiger partial charge in [-0.05, 0) is 83.2 Å². The molecule has 0 saturated carbocycles. The Labute approximate surface area is 268 Å². The van der Waals surface area contributed by atoms with E-state index in [-0.39, 0.29) is 6.09 Å². The first-order chi connectivity index (χ1) is 21.3. The zero-order chi connectivity index (χ0) is 33.6. The molecule has 2 heterocycles. The second kappa shape index (κ2) is 18.2. The highest BCUT2D eigenvalue weighted by molar-refractivity contribution is 6.12. The number of hydrogen-bond donors (Lipinski definition) is 0. The molecule has 0 aliphatic carbocycles. The number of amides is 1. The van der Waals surface area contributed by atoms with E-state index < -0.39 is 17.2 Å². The second-order valence-electron chi connectivity index (χ2n) is 12.2. The van der Waals surface area contributed by atoms with Gasteiger partial charge in [0.2, 0.25) is 0 Å². The first kappa shape index (κ1) is 37.3. The predicted molar refractivity (Wildman–Crippen MR) is 182 cm³/mol. The van der Waals surface area contributed by atoms with Crippen LogP contribution in [0.25, 0.3) is 5.57 Å². The number of halogens is 2. The number of aryl methyl sites for hydroxylation is 2. The summed E-state index contributed by atoms with van der Waals surface area (Å²) in [5.41, 5.74) is 4.82. The van der Waals surface area contributed by atoms with E-state index in [9.17, 15) is 13.6 Å². The van der Waals surface area contributed by atoms with Crippen LogP contribution in [0.1, 0.15) is 90.5 Å². The molecule has 9 heteroatoms. The van der Waals surface area contributed by atoms with E-state index in [4.69, 9.17) is 9.72 Å². The van der Waals surface area contributed by atoms with E-state index in [0.717, 1.165) is 72.1 Å². The molecule has 246 valence electrons. The number of aromatic nitrogens is 2. The van der Waals surface area contributed by atoms with Crippen LogP contribution in [0.5, 0.6) is 0 Å². The molecule has 3 rings (SSSR count). The molecule has 45 heavy (non-hydrogen) atoms. The van der Waals surface area contributed by atoms with Gasteiger partial charge in [-0.3, -0.25) is 4.99 Å². The Hall–Kier alpha value is -3.88. The molecule has 7 nitrogen and oxygen atoms in total. The molecule has 0 bridgehead atoms. The van der Waals surface area contributed by atoms with Gasteiger partial charge in [0.15, 0.2) is 0 Å². The molecule has 1 aromatic heterocycles. The lowest BCUT2D eigenvalue weighted by Crippen LogP contribution is -2.50. The van der Waals surface area contributed by atoms with Crippen LogP contribution in [0.2, 0.25) is 0 Å². The van der Waals surface area contributed by atoms with E-state index in [1.54, 1.807) is 18.2 Å². The van der Waals surface area contributed by atoms with Gasteiger partial charge in [0.1, 0.15) is 29.4 Å². The Bertz CT molecular complexity index is 1320. The summed E-state index contributed by atoms with van der Waals surface area (Å²) in [4.78, 5) is 30.5. The lowest BCUT2D eigenvalue weighted by atomic mass is 9.93. The Morgan fingerprint density at radius 1 is 1.02 bits per heavy atom. The summed E-state index contributed by atoms with van der Waals surface area (Å²) in [5.74, 6) is -0.162. The number of nitrogens with zero attached hydrogens (tertiary/aromatic N) is 5. The quantitative estimate of drug-likeness (QED) is 0.150. The molecule has 0 unspecified atom stereocenters. The van der Waals surface area contributed by atoms with Gasteiger partial charge >= 0.3 is 6.09 Å². The maximum absolute atomic E-state index is 12.5. The van der Waals surface area contributed by atoms with Crippen molar-refractivity contribution in [3.8, 4) is 0 Å². The molecule has 0 atom stereocenters. The van der Waals surface area contributed by atoms with Crippen molar-refractivity contribution in [2.24, 2.45) is 4.99 Å². The molecule has 1 amide bonds. The van der Waals surface area contributed by atoms with Crippen LogP contribution >= 0.6 is 0 Å². The van der Waals surface area contributed by atoms with Crippen LogP contribution < -0.4 is 4.90 Å². The van der Waals surface area contributed by atoms with Gasteiger partial charge < -0.3 is 14.5 Å². The zero-order valence-corrected chi connectivity index (χ0v) is 28.4. The molecule has 1 aliphatic heterocycles. The van der Waals surface area contributed by atoms with Crippen molar-refractivity contribution in [2.75, 3.05) is 31.1 Å². The maximum Gasteiger partial charge on any atom is 0.410 e. The zero-order valence-electron chi connectivity index (χ0n) is 28.4. The fourth-order valence-electron chi connectivity index (χ4n) is 4.64. The normalized spacial score (nSPS) is 14.4. The van der Waals surface area contributed by atoms with Crippen LogP contribution in [0.3, 0.4) is 0 Å². The average Bonchev–Trinajstić information content (AvgIpc) is 2.96. The van der Waals surface area contributed by atoms with Crippen molar-refractivity contribution >= 4 is 23.2 Å². The van der Waals surface area contributed by atoms with Crippen LogP contribution in [-0.2, 0) is 4.74 Å². The molecule has 1 fully saturated rings. The largest absolute Gasteiger partial charge is 0.444 e. The van der Waals surface area contributed by atoms with E-state index in [1.807, 2.05) is 40.8 Å². The monoisotopic (exact) mass is 623 g/mol. The Morgan fingerprint density at radius 3 is 2.22 bits per heavy atom. The first-order valence-corrected chi connectivity index (χ1v) is 15.8. The summed E-state index contributed by atoms with van der Waals surface area (Å²) >= 11 is 0. The fraction of sp³-hybridized carbons (Fsp3) is 0.500. The molecule has 0 radical (unpaired) electrons. The third kappa shape index (κ3) is 12.6. The highest BCUT2D eigenvalue weighted by Crippen LogP contribution is 2.33. The summed E-state index contributed by atoms with van der Waals surface area (Å²) in [5, 5.41) is 0. The second-order valence-corrected chi connectivity index (χ2v) is 12.2. The standard InChI is InChI=1S/C29H45N5O2.C7H6F2/c1-9-11-13-15-25(22(3)23(4)30-16-14-12-10-2)26-24(5)31-21-32-27(26)33-17-19-34(20-18-33)28(35)36-29(6,7)8;1-5-2-6(8)4-7(9)3-5/h14-16,21H,3,9-13,17-20H2,1-2,4-8H3;2-4H,1H3/b16-14-,25-15-,30-23?;. The number of unbranched alkanes of at least 4 members (excludes halogenated alkanes) is 3. The van der Waals surface area contributed by atoms with E-state index in [2.05, 4.69) is 47.5 Å². The predicted octanol–water partition coefficient (Wildman–Crippen LogP) is 9.02. The van der Waals surface area contributed by atoms with Crippen LogP contribution in [0.4, 0.5) is 19.4 Å². The number of carbonyl (C=O) groups excluding carboxylic acids is 1. The van der Waals surface area contributed by atoms with Crippen molar-refractivity contribution in [2.45, 2.75) is 93.1 Å². The number of ether oxygens (including phenoxy) is 1. The van der Waals surface area contributed by atoms with Gasteiger partial charge in [0, 0.05) is 49.7 Å². The summed E-state index contributed by atoms with van der Waals surface area (Å²) in [6.07, 6.45) is 12.8. The highest BCUT2D eigenvalue weighted by Gasteiger charge is 2.28. The Kier molecular flexibility index (Phi) is 15.1. The number of benzene rings is 1. The van der Waals surface area contributed by atoms with Crippen LogP contribution in [-0.4, -0.2) is 58.5 Å². The summed E-state index contributed by atoms with van der Waals surface area (Å²) in [6, 6.07) is 3.42.